The molecule has 0 saturated carbocycles. The summed E-state index contributed by atoms with van der Waals surface area (Å²) in [6, 6.07) is 0.127. The molecule has 13 heavy (non-hydrogen) atoms. The zero-order valence-electron chi connectivity index (χ0n) is 8.01. The second-order valence-corrected chi connectivity index (χ2v) is 3.09. The van der Waals surface area contributed by atoms with Gasteiger partial charge in [-0.05, 0) is 20.8 Å². The van der Waals surface area contributed by atoms with Crippen LogP contribution in [0.5, 0.6) is 5.75 Å². The first-order chi connectivity index (χ1) is 6.07. The van der Waals surface area contributed by atoms with E-state index in [4.69, 9.17) is 4.74 Å². The van der Waals surface area contributed by atoms with E-state index in [0.717, 1.165) is 0 Å². The van der Waals surface area contributed by atoms with Crippen LogP contribution in [-0.2, 0) is 0 Å². The van der Waals surface area contributed by atoms with Gasteiger partial charge >= 0.3 is 0 Å². The Balaban J connectivity index is 2.88. The first-order valence-corrected chi connectivity index (χ1v) is 4.30. The minimum Gasteiger partial charge on any atom is -0.488 e. The summed E-state index contributed by atoms with van der Waals surface area (Å²) in [6.45, 7) is 5.97. The number of hydrogen-bond donors (Lipinski definition) is 1. The van der Waals surface area contributed by atoms with E-state index in [1.165, 1.54) is 0 Å². The van der Waals surface area contributed by atoms with E-state index in [9.17, 15) is 9.59 Å². The van der Waals surface area contributed by atoms with E-state index in [-0.39, 0.29) is 11.8 Å². The third kappa shape index (κ3) is 1.71. The monoisotopic (exact) mass is 183 g/mol. The fourth-order valence-electron chi connectivity index (χ4n) is 1.07. The van der Waals surface area contributed by atoms with E-state index >= 15 is 0 Å². The molecule has 1 aromatic carbocycles. The lowest BCUT2D eigenvalue weighted by Crippen LogP contribution is -2.37. The first kappa shape index (κ1) is 9.77. The Kier molecular flexibility index (Phi) is 2.70. The van der Waals surface area contributed by atoms with Gasteiger partial charge in [-0.3, -0.25) is 9.59 Å². The average molecular weight is 183 g/mol. The molecular formula is C9H13NO3. The summed E-state index contributed by atoms with van der Waals surface area (Å²) in [5.74, 6) is 0.182. The SMILES string of the molecule is CCOc1c(NC(C)C)c(=O)c1=O. The summed E-state index contributed by atoms with van der Waals surface area (Å²) in [6.07, 6.45) is 0. The zero-order valence-corrected chi connectivity index (χ0v) is 8.01. The summed E-state index contributed by atoms with van der Waals surface area (Å²) in [5, 5.41) is 2.88. The van der Waals surface area contributed by atoms with Crippen molar-refractivity contribution in [1.82, 2.24) is 0 Å². The average Bonchev–Trinajstić information content (AvgIpc) is 2.10. The van der Waals surface area contributed by atoms with Crippen LogP contribution in [0, 0.1) is 0 Å². The molecule has 4 heteroatoms. The van der Waals surface area contributed by atoms with Gasteiger partial charge in [0.15, 0.2) is 5.75 Å². The molecule has 1 rings (SSSR count). The third-order valence-electron chi connectivity index (χ3n) is 1.59. The van der Waals surface area contributed by atoms with Crippen LogP contribution in [0.15, 0.2) is 9.59 Å². The zero-order chi connectivity index (χ0) is 10.0. The standard InChI is InChI=1S/C9H13NO3/c1-4-13-9-6(10-5(2)3)7(11)8(9)12/h5,10H,4H2,1-3H3. The van der Waals surface area contributed by atoms with Crippen LogP contribution in [0.1, 0.15) is 20.8 Å². The normalized spacial score (nSPS) is 10.8. The number of anilines is 1. The second-order valence-electron chi connectivity index (χ2n) is 3.09. The van der Waals surface area contributed by atoms with E-state index < -0.39 is 10.9 Å². The minimum absolute atomic E-state index is 0.127. The molecule has 0 aliphatic carbocycles. The van der Waals surface area contributed by atoms with Crippen LogP contribution >= 0.6 is 0 Å². The highest BCUT2D eigenvalue weighted by Gasteiger charge is 2.22. The summed E-state index contributed by atoms with van der Waals surface area (Å²) in [4.78, 5) is 22.0. The smallest absolute Gasteiger partial charge is 0.272 e. The third-order valence-corrected chi connectivity index (χ3v) is 1.59. The molecule has 1 N–H and O–H groups in total. The lowest BCUT2D eigenvalue weighted by molar-refractivity contribution is 0.334. The molecule has 0 atom stereocenters. The van der Waals surface area contributed by atoms with Crippen molar-refractivity contribution >= 4 is 5.69 Å². The van der Waals surface area contributed by atoms with Crippen molar-refractivity contribution in [3.05, 3.63) is 20.4 Å². The maximum absolute atomic E-state index is 11.0. The van der Waals surface area contributed by atoms with Crippen LogP contribution in [-0.4, -0.2) is 12.6 Å². The molecule has 0 radical (unpaired) electrons. The number of hydrogen-bond acceptors (Lipinski definition) is 4. The highest BCUT2D eigenvalue weighted by atomic mass is 16.5. The summed E-state index contributed by atoms with van der Waals surface area (Å²) >= 11 is 0. The van der Waals surface area contributed by atoms with Gasteiger partial charge in [-0.2, -0.15) is 0 Å². The lowest BCUT2D eigenvalue weighted by atomic mass is 10.2. The molecule has 0 aliphatic heterocycles. The number of nitrogens with one attached hydrogen (secondary N) is 1. The molecule has 0 amide bonds. The van der Waals surface area contributed by atoms with Crippen LogP contribution in [0.2, 0.25) is 0 Å². The molecule has 0 unspecified atom stereocenters. The van der Waals surface area contributed by atoms with Gasteiger partial charge in [-0.15, -0.1) is 0 Å². The fourth-order valence-corrected chi connectivity index (χ4v) is 1.07. The minimum atomic E-state index is -0.523. The highest BCUT2D eigenvalue weighted by molar-refractivity contribution is 5.62. The summed E-state index contributed by atoms with van der Waals surface area (Å²) < 4.78 is 5.02. The maximum Gasteiger partial charge on any atom is 0.272 e. The molecular weight excluding hydrogens is 170 g/mol. The van der Waals surface area contributed by atoms with Gasteiger partial charge in [-0.1, -0.05) is 0 Å². The molecule has 0 fully saturated rings. The van der Waals surface area contributed by atoms with Gasteiger partial charge in [0.2, 0.25) is 0 Å². The maximum atomic E-state index is 11.0. The fraction of sp³-hybridized carbons (Fsp3) is 0.556. The Morgan fingerprint density at radius 2 is 1.92 bits per heavy atom. The van der Waals surface area contributed by atoms with Gasteiger partial charge in [0, 0.05) is 6.04 Å². The topological polar surface area (TPSA) is 55.4 Å². The molecule has 1 aromatic rings. The number of ether oxygens (including phenoxy) is 1. The Morgan fingerprint density at radius 3 is 2.38 bits per heavy atom. The Morgan fingerprint density at radius 1 is 1.31 bits per heavy atom. The van der Waals surface area contributed by atoms with E-state index in [2.05, 4.69) is 5.32 Å². The van der Waals surface area contributed by atoms with Crippen molar-refractivity contribution in [2.45, 2.75) is 26.8 Å². The molecule has 0 heterocycles. The van der Waals surface area contributed by atoms with Gasteiger partial charge in [0.1, 0.15) is 5.69 Å². The van der Waals surface area contributed by atoms with Crippen molar-refractivity contribution in [2.24, 2.45) is 0 Å². The molecule has 4 nitrogen and oxygen atoms in total. The predicted octanol–water partition coefficient (Wildman–Crippen LogP) is 0.502. The van der Waals surface area contributed by atoms with Crippen molar-refractivity contribution in [3.63, 3.8) is 0 Å². The highest BCUT2D eigenvalue weighted by Crippen LogP contribution is 2.17. The summed E-state index contributed by atoms with van der Waals surface area (Å²) in [7, 11) is 0. The van der Waals surface area contributed by atoms with Gasteiger partial charge in [-0.25, -0.2) is 0 Å². The molecule has 0 saturated heterocycles. The molecule has 0 spiro atoms. The van der Waals surface area contributed by atoms with Crippen LogP contribution in [0.3, 0.4) is 0 Å². The lowest BCUT2D eigenvalue weighted by Gasteiger charge is -2.14. The van der Waals surface area contributed by atoms with Crippen molar-refractivity contribution in [2.75, 3.05) is 11.9 Å². The van der Waals surface area contributed by atoms with Crippen LogP contribution in [0.25, 0.3) is 0 Å². The van der Waals surface area contributed by atoms with Gasteiger partial charge in [0.25, 0.3) is 10.9 Å². The van der Waals surface area contributed by atoms with Gasteiger partial charge in [0.05, 0.1) is 6.61 Å². The second kappa shape index (κ2) is 3.60. The Labute approximate surface area is 76.2 Å². The van der Waals surface area contributed by atoms with E-state index in [1.54, 1.807) is 6.92 Å². The van der Waals surface area contributed by atoms with Crippen LogP contribution < -0.4 is 20.9 Å². The molecule has 0 aromatic heterocycles. The molecule has 72 valence electrons. The summed E-state index contributed by atoms with van der Waals surface area (Å²) in [5.41, 5.74) is -0.677. The van der Waals surface area contributed by atoms with Crippen molar-refractivity contribution in [3.8, 4) is 5.75 Å². The van der Waals surface area contributed by atoms with Crippen molar-refractivity contribution < 1.29 is 4.74 Å². The van der Waals surface area contributed by atoms with Gasteiger partial charge < -0.3 is 10.1 Å². The Bertz CT molecular complexity index is 361. The molecule has 0 bridgehead atoms. The van der Waals surface area contributed by atoms with E-state index in [1.807, 2.05) is 13.8 Å². The van der Waals surface area contributed by atoms with E-state index in [0.29, 0.717) is 12.3 Å². The van der Waals surface area contributed by atoms with Crippen molar-refractivity contribution in [1.29, 1.82) is 0 Å². The quantitative estimate of drug-likeness (QED) is 0.691. The van der Waals surface area contributed by atoms with Crippen LogP contribution in [0.4, 0.5) is 5.69 Å². The Hall–Kier alpha value is -1.32. The first-order valence-electron chi connectivity index (χ1n) is 4.30. The number of rotatable bonds is 4. The molecule has 0 aliphatic rings. The largest absolute Gasteiger partial charge is 0.488 e. The predicted molar refractivity (Wildman–Crippen MR) is 51.3 cm³/mol.